The molecule has 6 aromatic carbocycles. The lowest BCUT2D eigenvalue weighted by atomic mass is 10.0. The zero-order valence-electron chi connectivity index (χ0n) is 24.3. The first-order chi connectivity index (χ1) is 22.8. The third-order valence-electron chi connectivity index (χ3n) is 8.75. The third-order valence-corrected chi connectivity index (χ3v) is 8.75. The first-order valence-corrected chi connectivity index (χ1v) is 15.1. The van der Waals surface area contributed by atoms with E-state index in [2.05, 4.69) is 54.6 Å². The Kier molecular flexibility index (Phi) is 5.19. The van der Waals surface area contributed by atoms with E-state index in [-0.39, 0.29) is 0 Å². The first-order valence-electron chi connectivity index (χ1n) is 15.1. The number of fused-ring (bicyclic) bond motifs is 9. The highest BCUT2D eigenvalue weighted by Crippen LogP contribution is 2.39. The molecule has 0 amide bonds. The van der Waals surface area contributed by atoms with Gasteiger partial charge >= 0.3 is 0 Å². The molecule has 0 aliphatic heterocycles. The summed E-state index contributed by atoms with van der Waals surface area (Å²) < 4.78 is 12.8. The van der Waals surface area contributed by atoms with Crippen LogP contribution in [-0.2, 0) is 0 Å². The van der Waals surface area contributed by atoms with Crippen molar-refractivity contribution in [2.24, 2.45) is 0 Å². The summed E-state index contributed by atoms with van der Waals surface area (Å²) in [6.07, 6.45) is 1.82. The molecule has 0 unspecified atom stereocenters. The number of benzene rings is 6. The second-order valence-electron chi connectivity index (χ2n) is 11.5. The second-order valence-corrected chi connectivity index (χ2v) is 11.5. The summed E-state index contributed by atoms with van der Waals surface area (Å²) >= 11 is 0. The van der Waals surface area contributed by atoms with Gasteiger partial charge in [-0.3, -0.25) is 4.98 Å². The van der Waals surface area contributed by atoms with Crippen molar-refractivity contribution in [2.45, 2.75) is 0 Å². The van der Waals surface area contributed by atoms with Crippen LogP contribution >= 0.6 is 0 Å². The fraction of sp³-hybridized carbons (Fsp3) is 0. The van der Waals surface area contributed by atoms with Crippen molar-refractivity contribution >= 4 is 65.6 Å². The summed E-state index contributed by atoms with van der Waals surface area (Å²) in [5, 5.41) is 7.41. The second kappa shape index (κ2) is 9.55. The molecule has 0 saturated carbocycles. The fourth-order valence-corrected chi connectivity index (χ4v) is 6.55. The summed E-state index contributed by atoms with van der Waals surface area (Å²) in [6, 6.07) is 43.0. The monoisotopic (exact) mass is 590 g/mol. The normalized spacial score (nSPS) is 11.9. The Bertz CT molecular complexity index is 2830. The van der Waals surface area contributed by atoms with Gasteiger partial charge in [-0.15, -0.1) is 0 Å². The predicted molar refractivity (Wildman–Crippen MR) is 183 cm³/mol. The molecule has 4 heterocycles. The van der Waals surface area contributed by atoms with Crippen LogP contribution in [0.15, 0.2) is 142 Å². The SMILES string of the molecule is c1ccc2cc(-c3nc(-c4ccc5c(c4)oc4ccccc45)nc(-c4cccc5c4oc4ccc6cccnc6c45)n3)ccc2c1. The number of hydrogen-bond donors (Lipinski definition) is 0. The van der Waals surface area contributed by atoms with Crippen LogP contribution in [0.25, 0.3) is 99.7 Å². The lowest BCUT2D eigenvalue weighted by Crippen LogP contribution is -2.00. The molecule has 0 fully saturated rings. The minimum atomic E-state index is 0.528. The number of pyridine rings is 1. The molecule has 46 heavy (non-hydrogen) atoms. The molecule has 0 atom stereocenters. The molecule has 10 rings (SSSR count). The van der Waals surface area contributed by atoms with Gasteiger partial charge < -0.3 is 8.83 Å². The van der Waals surface area contributed by atoms with Crippen molar-refractivity contribution in [3.8, 4) is 34.2 Å². The quantitative estimate of drug-likeness (QED) is 0.204. The Labute approximate surface area is 261 Å². The summed E-state index contributed by atoms with van der Waals surface area (Å²) in [4.78, 5) is 19.9. The van der Waals surface area contributed by atoms with Gasteiger partial charge in [0.2, 0.25) is 0 Å². The van der Waals surface area contributed by atoms with Gasteiger partial charge in [-0.2, -0.15) is 0 Å². The zero-order valence-corrected chi connectivity index (χ0v) is 24.3. The first kappa shape index (κ1) is 25.0. The van der Waals surface area contributed by atoms with Crippen LogP contribution in [0.2, 0.25) is 0 Å². The molecule has 0 spiro atoms. The van der Waals surface area contributed by atoms with E-state index in [1.54, 1.807) is 0 Å². The summed E-state index contributed by atoms with van der Waals surface area (Å²) in [5.74, 6) is 1.66. The maximum absolute atomic E-state index is 6.53. The van der Waals surface area contributed by atoms with Crippen molar-refractivity contribution in [1.82, 2.24) is 19.9 Å². The Hall–Kier alpha value is -6.40. The van der Waals surface area contributed by atoms with Crippen LogP contribution in [0.4, 0.5) is 0 Å². The molecule has 0 saturated heterocycles. The van der Waals surface area contributed by atoms with Gasteiger partial charge in [0, 0.05) is 38.9 Å². The highest BCUT2D eigenvalue weighted by Gasteiger charge is 2.20. The van der Waals surface area contributed by atoms with Crippen molar-refractivity contribution in [2.75, 3.05) is 0 Å². The van der Waals surface area contributed by atoms with Crippen LogP contribution < -0.4 is 0 Å². The van der Waals surface area contributed by atoms with E-state index >= 15 is 0 Å². The van der Waals surface area contributed by atoms with E-state index in [0.717, 1.165) is 76.7 Å². The third kappa shape index (κ3) is 3.77. The Morgan fingerprint density at radius 1 is 0.435 bits per heavy atom. The van der Waals surface area contributed by atoms with Crippen LogP contribution in [0, 0.1) is 0 Å². The van der Waals surface area contributed by atoms with E-state index in [9.17, 15) is 0 Å². The smallest absolute Gasteiger partial charge is 0.167 e. The van der Waals surface area contributed by atoms with E-state index in [1.807, 2.05) is 79.0 Å². The van der Waals surface area contributed by atoms with Crippen molar-refractivity contribution < 1.29 is 8.83 Å². The number of nitrogens with zero attached hydrogens (tertiary/aromatic N) is 4. The molecule has 0 aliphatic carbocycles. The maximum atomic E-state index is 6.53. The molecule has 0 radical (unpaired) electrons. The molecule has 6 nitrogen and oxygen atoms in total. The van der Waals surface area contributed by atoms with Crippen LogP contribution in [0.3, 0.4) is 0 Å². The molecule has 0 aliphatic rings. The number of para-hydroxylation sites is 2. The molecule has 10 aromatic rings. The number of rotatable bonds is 3. The van der Waals surface area contributed by atoms with E-state index < -0.39 is 0 Å². The van der Waals surface area contributed by atoms with Crippen molar-refractivity contribution in [1.29, 1.82) is 0 Å². The van der Waals surface area contributed by atoms with Gasteiger partial charge in [-0.05, 0) is 59.3 Å². The highest BCUT2D eigenvalue weighted by atomic mass is 16.3. The molecule has 6 heteroatoms. The van der Waals surface area contributed by atoms with E-state index in [1.165, 1.54) is 0 Å². The number of aromatic nitrogens is 4. The predicted octanol–water partition coefficient (Wildman–Crippen LogP) is 10.4. The summed E-state index contributed by atoms with van der Waals surface area (Å²) in [7, 11) is 0. The van der Waals surface area contributed by atoms with E-state index in [4.69, 9.17) is 28.8 Å². The molecular formula is C40H22N4O2. The minimum absolute atomic E-state index is 0.528. The lowest BCUT2D eigenvalue weighted by Gasteiger charge is -2.09. The Morgan fingerprint density at radius 3 is 2.09 bits per heavy atom. The number of hydrogen-bond acceptors (Lipinski definition) is 6. The Morgan fingerprint density at radius 2 is 1.15 bits per heavy atom. The highest BCUT2D eigenvalue weighted by molar-refractivity contribution is 6.19. The zero-order chi connectivity index (χ0) is 30.2. The van der Waals surface area contributed by atoms with Crippen molar-refractivity contribution in [3.05, 3.63) is 134 Å². The van der Waals surface area contributed by atoms with Crippen LogP contribution in [0.5, 0.6) is 0 Å². The maximum Gasteiger partial charge on any atom is 0.167 e. The number of furan rings is 2. The standard InChI is InChI=1S/C40H22N4O2/c1-2-8-25-21-26(15-14-23(25)7-1)38-42-39(27-16-18-29-28-10-3-4-13-32(28)45-34(29)22-27)44-40(43-38)31-12-5-11-30-35-33(46-37(30)31)19-17-24-9-6-20-41-36(24)35/h1-22H. The topological polar surface area (TPSA) is 77.8 Å². The molecule has 4 aromatic heterocycles. The summed E-state index contributed by atoms with van der Waals surface area (Å²) in [5.41, 5.74) is 6.55. The van der Waals surface area contributed by atoms with Gasteiger partial charge in [0.1, 0.15) is 22.3 Å². The average molecular weight is 591 g/mol. The van der Waals surface area contributed by atoms with Gasteiger partial charge in [0.25, 0.3) is 0 Å². The van der Waals surface area contributed by atoms with Crippen LogP contribution in [-0.4, -0.2) is 19.9 Å². The van der Waals surface area contributed by atoms with Gasteiger partial charge in [0.05, 0.1) is 16.5 Å². The van der Waals surface area contributed by atoms with Crippen molar-refractivity contribution in [3.63, 3.8) is 0 Å². The van der Waals surface area contributed by atoms with Crippen LogP contribution in [0.1, 0.15) is 0 Å². The van der Waals surface area contributed by atoms with Gasteiger partial charge in [-0.1, -0.05) is 78.9 Å². The van der Waals surface area contributed by atoms with Gasteiger partial charge in [-0.25, -0.2) is 15.0 Å². The van der Waals surface area contributed by atoms with E-state index in [0.29, 0.717) is 23.1 Å². The largest absolute Gasteiger partial charge is 0.456 e. The fourth-order valence-electron chi connectivity index (χ4n) is 6.55. The minimum Gasteiger partial charge on any atom is -0.456 e. The molecular weight excluding hydrogens is 568 g/mol. The average Bonchev–Trinajstić information content (AvgIpc) is 3.69. The molecule has 0 N–H and O–H groups in total. The lowest BCUT2D eigenvalue weighted by molar-refractivity contribution is 0.668. The Balaban J connectivity index is 1.23. The van der Waals surface area contributed by atoms with Gasteiger partial charge in [0.15, 0.2) is 17.5 Å². The molecule has 0 bridgehead atoms. The molecule has 214 valence electrons. The summed E-state index contributed by atoms with van der Waals surface area (Å²) in [6.45, 7) is 0.